The number of rotatable bonds is 10. The Bertz CT molecular complexity index is 1190. The normalized spacial score (nSPS) is 11.5. The van der Waals surface area contributed by atoms with Gasteiger partial charge >= 0.3 is 0 Å². The van der Waals surface area contributed by atoms with Gasteiger partial charge in [0.15, 0.2) is 11.0 Å². The van der Waals surface area contributed by atoms with Gasteiger partial charge in [0.25, 0.3) is 5.91 Å². The Hall–Kier alpha value is -3.37. The number of carbonyl (C=O) groups is 2. The van der Waals surface area contributed by atoms with Gasteiger partial charge in [-0.25, -0.2) is 4.39 Å². The highest BCUT2D eigenvalue weighted by Gasteiger charge is 2.20. The van der Waals surface area contributed by atoms with E-state index in [4.69, 9.17) is 16.3 Å². The Morgan fingerprint density at radius 2 is 2.00 bits per heavy atom. The third-order valence-electron chi connectivity index (χ3n) is 4.68. The number of hydrogen-bond donors (Lipinski definition) is 2. The maximum Gasteiger partial charge on any atom is 0.251 e. The second-order valence-electron chi connectivity index (χ2n) is 7.13. The zero-order chi connectivity index (χ0) is 24.7. The number of nitrogens with one attached hydrogen (secondary N) is 2. The smallest absolute Gasteiger partial charge is 0.251 e. The lowest BCUT2D eigenvalue weighted by Crippen LogP contribution is -2.28. The number of ether oxygens (including phenoxy) is 1. The van der Waals surface area contributed by atoms with Gasteiger partial charge in [0, 0.05) is 17.8 Å². The van der Waals surface area contributed by atoms with E-state index in [0.29, 0.717) is 34.5 Å². The summed E-state index contributed by atoms with van der Waals surface area (Å²) < 4.78 is 20.2. The van der Waals surface area contributed by atoms with E-state index in [9.17, 15) is 14.0 Å². The molecule has 8 nitrogen and oxygen atoms in total. The Balaban J connectivity index is 1.65. The second-order valence-corrected chi connectivity index (χ2v) is 8.48. The number of anilines is 1. The molecule has 0 bridgehead atoms. The molecule has 1 heterocycles. The van der Waals surface area contributed by atoms with E-state index in [1.807, 2.05) is 0 Å². The molecule has 0 radical (unpaired) electrons. The van der Waals surface area contributed by atoms with Crippen molar-refractivity contribution in [3.8, 4) is 5.75 Å². The monoisotopic (exact) mass is 503 g/mol. The zero-order valence-corrected chi connectivity index (χ0v) is 20.1. The summed E-state index contributed by atoms with van der Waals surface area (Å²) in [7, 11) is 1.56. The molecular weight excluding hydrogens is 481 g/mol. The Morgan fingerprint density at radius 1 is 1.26 bits per heavy atom. The van der Waals surface area contributed by atoms with Crippen LogP contribution in [0.15, 0.2) is 60.3 Å². The average molecular weight is 504 g/mol. The fraction of sp³-hybridized carbons (Fsp3) is 0.217. The minimum Gasteiger partial charge on any atom is -0.497 e. The van der Waals surface area contributed by atoms with E-state index in [-0.39, 0.29) is 22.6 Å². The molecule has 0 spiro atoms. The van der Waals surface area contributed by atoms with Gasteiger partial charge in [-0.3, -0.25) is 9.59 Å². The molecule has 0 saturated heterocycles. The van der Waals surface area contributed by atoms with Crippen LogP contribution in [0.3, 0.4) is 0 Å². The number of amides is 2. The van der Waals surface area contributed by atoms with Crippen molar-refractivity contribution < 1.29 is 18.7 Å². The summed E-state index contributed by atoms with van der Waals surface area (Å²) in [5, 5.41) is 14.4. The number of hydrogen-bond acceptors (Lipinski definition) is 6. The molecule has 178 valence electrons. The van der Waals surface area contributed by atoms with Crippen LogP contribution in [0.4, 0.5) is 10.1 Å². The fourth-order valence-electron chi connectivity index (χ4n) is 3.02. The molecule has 34 heavy (non-hydrogen) atoms. The minimum atomic E-state index is -0.563. The molecule has 1 unspecified atom stereocenters. The number of benzene rings is 2. The van der Waals surface area contributed by atoms with Crippen LogP contribution in [0.25, 0.3) is 0 Å². The van der Waals surface area contributed by atoms with Crippen LogP contribution >= 0.6 is 23.4 Å². The highest BCUT2D eigenvalue weighted by Crippen LogP contribution is 2.23. The highest BCUT2D eigenvalue weighted by molar-refractivity contribution is 7.99. The van der Waals surface area contributed by atoms with E-state index in [0.717, 1.165) is 0 Å². The van der Waals surface area contributed by atoms with Crippen molar-refractivity contribution in [3.63, 3.8) is 0 Å². The topological polar surface area (TPSA) is 98.1 Å². The third kappa shape index (κ3) is 6.36. The predicted octanol–water partition coefficient (Wildman–Crippen LogP) is 4.49. The molecule has 3 rings (SSSR count). The van der Waals surface area contributed by atoms with Crippen molar-refractivity contribution in [2.75, 3.05) is 18.2 Å². The van der Waals surface area contributed by atoms with Crippen molar-refractivity contribution >= 4 is 40.9 Å². The molecule has 1 atom stereocenters. The molecule has 0 aliphatic heterocycles. The lowest BCUT2D eigenvalue weighted by Gasteiger charge is -2.15. The van der Waals surface area contributed by atoms with Crippen LogP contribution < -0.4 is 15.4 Å². The third-order valence-corrected chi connectivity index (χ3v) is 5.94. The summed E-state index contributed by atoms with van der Waals surface area (Å²) in [6, 6.07) is 10.2. The van der Waals surface area contributed by atoms with Gasteiger partial charge < -0.3 is 19.9 Å². The first kappa shape index (κ1) is 25.3. The van der Waals surface area contributed by atoms with E-state index in [1.165, 1.54) is 30.0 Å². The average Bonchev–Trinajstić information content (AvgIpc) is 3.23. The summed E-state index contributed by atoms with van der Waals surface area (Å²) in [5.74, 6) is 0.0700. The quantitative estimate of drug-likeness (QED) is 0.312. The van der Waals surface area contributed by atoms with Crippen molar-refractivity contribution in [2.24, 2.45) is 0 Å². The number of carbonyl (C=O) groups excluding carboxylic acids is 2. The van der Waals surface area contributed by atoms with Crippen LogP contribution in [0.2, 0.25) is 5.02 Å². The lowest BCUT2D eigenvalue weighted by molar-refractivity contribution is -0.113. The predicted molar refractivity (Wildman–Crippen MR) is 130 cm³/mol. The first-order chi connectivity index (χ1) is 16.3. The number of aromatic nitrogens is 3. The Kier molecular flexibility index (Phi) is 8.67. The van der Waals surface area contributed by atoms with Gasteiger partial charge in [0.05, 0.1) is 23.9 Å². The Morgan fingerprint density at radius 3 is 2.65 bits per heavy atom. The maximum absolute atomic E-state index is 13.3. The second kappa shape index (κ2) is 11.7. The number of methoxy groups -OCH3 is 1. The molecule has 0 aliphatic rings. The maximum atomic E-state index is 13.3. The van der Waals surface area contributed by atoms with E-state index >= 15 is 0 Å². The van der Waals surface area contributed by atoms with Crippen LogP contribution in [-0.2, 0) is 11.3 Å². The Labute approximate surface area is 205 Å². The SMILES string of the molecule is C=CCn1c(SCC(=O)Nc2ccc(F)c(Cl)c2)nnc1C(C)NC(=O)c1ccc(OC)cc1. The number of thioether (sulfide) groups is 1. The molecule has 0 fully saturated rings. The van der Waals surface area contributed by atoms with Gasteiger partial charge in [-0.2, -0.15) is 0 Å². The van der Waals surface area contributed by atoms with Crippen LogP contribution in [0.5, 0.6) is 5.75 Å². The molecule has 0 saturated carbocycles. The van der Waals surface area contributed by atoms with Gasteiger partial charge in [-0.15, -0.1) is 16.8 Å². The molecular formula is C23H23ClFN5O3S. The fourth-order valence-corrected chi connectivity index (χ4v) is 3.95. The number of halogens is 2. The molecule has 2 aromatic carbocycles. The molecule has 2 amide bonds. The van der Waals surface area contributed by atoms with Crippen LogP contribution in [0, 0.1) is 5.82 Å². The first-order valence-electron chi connectivity index (χ1n) is 10.2. The first-order valence-corrected chi connectivity index (χ1v) is 11.5. The molecule has 2 N–H and O–H groups in total. The molecule has 0 aliphatic carbocycles. The van der Waals surface area contributed by atoms with Gasteiger partial charge in [0.2, 0.25) is 5.91 Å². The molecule has 3 aromatic rings. The summed E-state index contributed by atoms with van der Waals surface area (Å²) in [6.07, 6.45) is 1.68. The van der Waals surface area contributed by atoms with Crippen molar-refractivity contribution in [1.29, 1.82) is 0 Å². The van der Waals surface area contributed by atoms with E-state index in [2.05, 4.69) is 27.4 Å². The molecule has 1 aromatic heterocycles. The van der Waals surface area contributed by atoms with Crippen molar-refractivity contribution in [1.82, 2.24) is 20.1 Å². The summed E-state index contributed by atoms with van der Waals surface area (Å²) in [5.41, 5.74) is 0.870. The molecule has 11 heteroatoms. The van der Waals surface area contributed by atoms with E-state index < -0.39 is 11.9 Å². The number of nitrogens with zero attached hydrogens (tertiary/aromatic N) is 3. The summed E-state index contributed by atoms with van der Waals surface area (Å²) in [6.45, 7) is 5.95. The highest BCUT2D eigenvalue weighted by atomic mass is 35.5. The number of allylic oxidation sites excluding steroid dienone is 1. The van der Waals surface area contributed by atoms with Gasteiger partial charge in [-0.1, -0.05) is 29.4 Å². The largest absolute Gasteiger partial charge is 0.497 e. The zero-order valence-electron chi connectivity index (χ0n) is 18.5. The van der Waals surface area contributed by atoms with Crippen LogP contribution in [-0.4, -0.2) is 39.4 Å². The standard InChI is InChI=1S/C23H23ClFN5O3S/c1-4-11-30-21(14(2)26-22(32)15-5-8-17(33-3)9-6-15)28-29-23(30)34-13-20(31)27-16-7-10-19(25)18(24)12-16/h4-10,12,14H,1,11,13H2,2-3H3,(H,26,32)(H,27,31). The van der Waals surface area contributed by atoms with Gasteiger partial charge in [0.1, 0.15) is 11.6 Å². The van der Waals surface area contributed by atoms with Gasteiger partial charge in [-0.05, 0) is 49.4 Å². The van der Waals surface area contributed by atoms with Crippen molar-refractivity contribution in [3.05, 3.63) is 77.3 Å². The van der Waals surface area contributed by atoms with E-state index in [1.54, 1.807) is 48.9 Å². The summed E-state index contributed by atoms with van der Waals surface area (Å²) in [4.78, 5) is 24.9. The minimum absolute atomic E-state index is 0.0386. The lowest BCUT2D eigenvalue weighted by atomic mass is 10.2. The van der Waals surface area contributed by atoms with Crippen molar-refractivity contribution in [2.45, 2.75) is 24.7 Å². The van der Waals surface area contributed by atoms with Crippen LogP contribution in [0.1, 0.15) is 29.1 Å². The summed E-state index contributed by atoms with van der Waals surface area (Å²) >= 11 is 6.92.